The average molecular weight is 753 g/mol. The molecule has 0 saturated carbocycles. The van der Waals surface area contributed by atoms with Crippen LogP contribution in [0.25, 0.3) is 33.6 Å². The number of carbonyl (C=O) groups is 4. The van der Waals surface area contributed by atoms with Crippen LogP contribution in [-0.2, 0) is 14.3 Å². The summed E-state index contributed by atoms with van der Waals surface area (Å²) in [5.74, 6) is 0.807. The topological polar surface area (TPSA) is 177 Å². The fourth-order valence-electron chi connectivity index (χ4n) is 7.93. The second kappa shape index (κ2) is 16.4. The molecule has 292 valence electrons. The molecule has 0 radical (unpaired) electrons. The lowest BCUT2D eigenvalue weighted by Crippen LogP contribution is -2.51. The number of nitrogens with zero attached hydrogens (tertiary/aromatic N) is 5. The Bertz CT molecular complexity index is 2000. The molecule has 2 aliphatic heterocycles. The van der Waals surface area contributed by atoms with Gasteiger partial charge in [0.25, 0.3) is 0 Å². The Kier molecular flexibility index (Phi) is 11.6. The van der Waals surface area contributed by atoms with Gasteiger partial charge in [0, 0.05) is 43.2 Å². The molecular formula is C41H52N8O6. The summed E-state index contributed by atoms with van der Waals surface area (Å²) in [5.41, 5.74) is 6.48. The Morgan fingerprint density at radius 2 is 1.36 bits per heavy atom. The largest absolute Gasteiger partial charge is 0.465 e. The van der Waals surface area contributed by atoms with Gasteiger partial charge >= 0.3 is 12.2 Å². The first-order valence-corrected chi connectivity index (χ1v) is 19.0. The molecule has 0 aliphatic carbocycles. The summed E-state index contributed by atoms with van der Waals surface area (Å²) in [6.07, 6.45) is 3.31. The highest BCUT2D eigenvalue weighted by atomic mass is 16.5. The lowest BCUT2D eigenvalue weighted by Gasteiger charge is -2.33. The third-order valence-corrected chi connectivity index (χ3v) is 10.9. The van der Waals surface area contributed by atoms with Crippen molar-refractivity contribution in [3.63, 3.8) is 0 Å². The zero-order valence-electron chi connectivity index (χ0n) is 32.6. The number of aryl methyl sites for hydroxylation is 1. The molecule has 2 saturated heterocycles. The third-order valence-electron chi connectivity index (χ3n) is 10.9. The zero-order chi connectivity index (χ0) is 39.6. The molecule has 4 heterocycles. The van der Waals surface area contributed by atoms with Crippen molar-refractivity contribution in [1.82, 2.24) is 40.0 Å². The number of hydrogen-bond acceptors (Lipinski definition) is 7. The van der Waals surface area contributed by atoms with Crippen LogP contribution < -0.4 is 5.32 Å². The maximum atomic E-state index is 13.7. The monoisotopic (exact) mass is 752 g/mol. The number of aromatic amines is 2. The number of H-pyrrole nitrogens is 2. The standard InChI is InChI=1S/C41H52N8O6/c1-23(2)33(46-40(52)55-7)38(50)48-20-8-10-31(48)36-42-22-30(44-36)28-16-12-26(13-17-28)27-14-18-29(19-15-27)34-25(5)43-37(45-34)32-11-9-21-49(32)39(51)35(24(3)4)47(6)41(53)54/h12-19,22-24,31-33,35H,8-11,20-21H2,1-7H3,(H,42,44)(H,43,45)(H,46,52)(H,53,54)/t31-,32-,33-,35-/m0/s1. The molecule has 4 aromatic rings. The molecule has 0 spiro atoms. The Hall–Kier alpha value is -5.66. The number of nitrogens with one attached hydrogen (secondary N) is 3. The number of rotatable bonds is 11. The van der Waals surface area contributed by atoms with Crippen LogP contribution in [0.15, 0.2) is 54.7 Å². The minimum atomic E-state index is -1.12. The highest BCUT2D eigenvalue weighted by molar-refractivity contribution is 5.87. The van der Waals surface area contributed by atoms with Gasteiger partial charge in [-0.3, -0.25) is 14.5 Å². The molecule has 4 N–H and O–H groups in total. The SMILES string of the molecule is COC(=O)N[C@H](C(=O)N1CCC[C@H]1c1nc(-c2ccc(-c3ccc(-c4nc([C@@H]5CCCN5C(=O)[C@H](C(C)C)N(C)C(=O)O)[nH]c4C)cc3)cc2)c[nH]1)C(C)C. The number of carbonyl (C=O) groups excluding carboxylic acids is 3. The second-order valence-corrected chi connectivity index (χ2v) is 15.2. The van der Waals surface area contributed by atoms with Crippen LogP contribution in [0.1, 0.15) is 82.8 Å². The predicted molar refractivity (Wildman–Crippen MR) is 208 cm³/mol. The van der Waals surface area contributed by atoms with E-state index in [1.807, 2.05) is 65.1 Å². The molecule has 14 nitrogen and oxygen atoms in total. The number of carboxylic acid groups (broad SMARTS) is 1. The molecule has 2 aromatic carbocycles. The number of alkyl carbamates (subject to hydrolysis) is 1. The average Bonchev–Trinajstić information content (AvgIpc) is 4.00. The van der Waals surface area contributed by atoms with E-state index in [4.69, 9.17) is 14.7 Å². The van der Waals surface area contributed by atoms with Crippen molar-refractivity contribution < 1.29 is 29.0 Å². The van der Waals surface area contributed by atoms with Gasteiger partial charge in [-0.15, -0.1) is 0 Å². The number of methoxy groups -OCH3 is 1. The Labute approximate surface area is 321 Å². The summed E-state index contributed by atoms with van der Waals surface area (Å²) in [5, 5.41) is 12.3. The van der Waals surface area contributed by atoms with E-state index in [2.05, 4.69) is 39.6 Å². The molecule has 2 fully saturated rings. The molecule has 55 heavy (non-hydrogen) atoms. The highest BCUT2D eigenvalue weighted by Gasteiger charge is 2.40. The first-order valence-electron chi connectivity index (χ1n) is 19.0. The minimum absolute atomic E-state index is 0.108. The van der Waals surface area contributed by atoms with Crippen LogP contribution in [0, 0.1) is 18.8 Å². The van der Waals surface area contributed by atoms with Gasteiger partial charge in [-0.05, 0) is 55.6 Å². The maximum absolute atomic E-state index is 13.7. The summed E-state index contributed by atoms with van der Waals surface area (Å²) in [7, 11) is 2.74. The van der Waals surface area contributed by atoms with Gasteiger partial charge in [0.2, 0.25) is 11.8 Å². The molecular weight excluding hydrogens is 701 g/mol. The maximum Gasteiger partial charge on any atom is 0.407 e. The lowest BCUT2D eigenvalue weighted by molar-refractivity contribution is -0.138. The Morgan fingerprint density at radius 1 is 0.818 bits per heavy atom. The first-order chi connectivity index (χ1) is 26.3. The smallest absolute Gasteiger partial charge is 0.407 e. The van der Waals surface area contributed by atoms with Crippen LogP contribution in [0.2, 0.25) is 0 Å². The lowest BCUT2D eigenvalue weighted by atomic mass is 10.0. The van der Waals surface area contributed by atoms with Gasteiger partial charge in [-0.2, -0.15) is 0 Å². The first kappa shape index (κ1) is 39.0. The molecule has 2 aromatic heterocycles. The fourth-order valence-corrected chi connectivity index (χ4v) is 7.93. The van der Waals surface area contributed by atoms with Gasteiger partial charge in [0.1, 0.15) is 23.7 Å². The number of imidazole rings is 2. The van der Waals surface area contributed by atoms with E-state index < -0.39 is 24.3 Å². The van der Waals surface area contributed by atoms with Crippen molar-refractivity contribution in [3.05, 3.63) is 72.1 Å². The van der Waals surface area contributed by atoms with Crippen molar-refractivity contribution in [3.8, 4) is 33.6 Å². The summed E-state index contributed by atoms with van der Waals surface area (Å²) in [4.78, 5) is 72.2. The van der Waals surface area contributed by atoms with Crippen LogP contribution in [0.5, 0.6) is 0 Å². The quantitative estimate of drug-likeness (QED) is 0.130. The fraction of sp³-hybridized carbons (Fsp3) is 0.463. The number of benzene rings is 2. The third kappa shape index (κ3) is 8.08. The summed E-state index contributed by atoms with van der Waals surface area (Å²) < 4.78 is 4.75. The highest BCUT2D eigenvalue weighted by Crippen LogP contribution is 2.36. The van der Waals surface area contributed by atoms with E-state index in [9.17, 15) is 24.3 Å². The van der Waals surface area contributed by atoms with Crippen LogP contribution in [0.4, 0.5) is 9.59 Å². The van der Waals surface area contributed by atoms with Crippen LogP contribution >= 0.6 is 0 Å². The van der Waals surface area contributed by atoms with Crippen LogP contribution in [-0.4, -0.2) is 103 Å². The number of hydrogen-bond donors (Lipinski definition) is 4. The molecule has 0 unspecified atom stereocenters. The van der Waals surface area contributed by atoms with Crippen molar-refractivity contribution in [2.45, 2.75) is 84.5 Å². The molecule has 0 bridgehead atoms. The number of likely N-dealkylation sites (tertiary alicyclic amines) is 2. The normalized spacial score (nSPS) is 18.1. The summed E-state index contributed by atoms with van der Waals surface area (Å²) in [6, 6.07) is 14.5. The van der Waals surface area contributed by atoms with Gasteiger partial charge in [0.15, 0.2) is 0 Å². The van der Waals surface area contributed by atoms with Gasteiger partial charge in [-0.1, -0.05) is 76.2 Å². The van der Waals surface area contributed by atoms with Crippen molar-refractivity contribution in [2.24, 2.45) is 11.8 Å². The summed E-state index contributed by atoms with van der Waals surface area (Å²) in [6.45, 7) is 10.6. The van der Waals surface area contributed by atoms with E-state index in [1.165, 1.54) is 14.2 Å². The van der Waals surface area contributed by atoms with Crippen LogP contribution in [0.3, 0.4) is 0 Å². The zero-order valence-corrected chi connectivity index (χ0v) is 32.6. The van der Waals surface area contributed by atoms with Gasteiger partial charge in [-0.25, -0.2) is 19.6 Å². The second-order valence-electron chi connectivity index (χ2n) is 15.2. The molecule has 6 rings (SSSR count). The Morgan fingerprint density at radius 3 is 1.91 bits per heavy atom. The van der Waals surface area contributed by atoms with E-state index >= 15 is 0 Å². The van der Waals surface area contributed by atoms with E-state index in [-0.39, 0.29) is 35.7 Å². The molecule has 2 aliphatic rings. The minimum Gasteiger partial charge on any atom is -0.465 e. The number of amides is 4. The van der Waals surface area contributed by atoms with E-state index in [0.29, 0.717) is 18.9 Å². The molecule has 4 amide bonds. The van der Waals surface area contributed by atoms with Crippen molar-refractivity contribution in [2.75, 3.05) is 27.2 Å². The number of aromatic nitrogens is 4. The van der Waals surface area contributed by atoms with E-state index in [0.717, 1.165) is 75.7 Å². The van der Waals surface area contributed by atoms with Crippen molar-refractivity contribution >= 4 is 24.0 Å². The molecule has 4 atom stereocenters. The predicted octanol–water partition coefficient (Wildman–Crippen LogP) is 6.78. The van der Waals surface area contributed by atoms with Gasteiger partial charge in [0.05, 0.1) is 30.6 Å². The molecule has 14 heteroatoms. The van der Waals surface area contributed by atoms with Crippen molar-refractivity contribution in [1.29, 1.82) is 0 Å². The van der Waals surface area contributed by atoms with E-state index in [1.54, 1.807) is 9.80 Å². The number of likely N-dealkylation sites (N-methyl/N-ethyl adjacent to an activating group) is 1. The number of ether oxygens (including phenoxy) is 1. The summed E-state index contributed by atoms with van der Waals surface area (Å²) >= 11 is 0. The Balaban J connectivity index is 1.13. The van der Waals surface area contributed by atoms with Gasteiger partial charge < -0.3 is 34.9 Å².